The molecule has 4 aliphatic rings. The SMILES string of the molecule is CC(C)N1CC=C[C@]23S[C@@]4(C)/C=C\CCCOC(=O)[C@H]4[C@H]2C(=O)N(CCCO)C3C1=O. The van der Waals surface area contributed by atoms with Crippen molar-refractivity contribution in [1.29, 1.82) is 0 Å². The number of nitrogens with zero attached hydrogens (tertiary/aromatic N) is 2. The third-order valence-electron chi connectivity index (χ3n) is 6.96. The van der Waals surface area contributed by atoms with Crippen molar-refractivity contribution >= 4 is 29.5 Å². The Morgan fingerprint density at radius 1 is 1.19 bits per heavy atom. The Balaban J connectivity index is 1.86. The number of hydrogen-bond donors (Lipinski definition) is 1. The van der Waals surface area contributed by atoms with Gasteiger partial charge in [0.1, 0.15) is 6.04 Å². The summed E-state index contributed by atoms with van der Waals surface area (Å²) in [6, 6.07) is -0.707. The first kappa shape index (κ1) is 22.4. The third kappa shape index (κ3) is 3.42. The number of likely N-dealkylation sites (tertiary alicyclic amines) is 1. The highest BCUT2D eigenvalue weighted by molar-refractivity contribution is 8.02. The van der Waals surface area contributed by atoms with Crippen molar-refractivity contribution in [3.63, 3.8) is 0 Å². The molecular weight excluding hydrogens is 416 g/mol. The van der Waals surface area contributed by atoms with E-state index in [9.17, 15) is 19.5 Å². The summed E-state index contributed by atoms with van der Waals surface area (Å²) in [4.78, 5) is 44.2. The number of rotatable bonds is 4. The second kappa shape index (κ2) is 8.28. The first-order valence-corrected chi connectivity index (χ1v) is 12.0. The zero-order valence-corrected chi connectivity index (χ0v) is 19.3. The van der Waals surface area contributed by atoms with E-state index in [2.05, 4.69) is 6.08 Å². The molecule has 2 fully saturated rings. The van der Waals surface area contributed by atoms with Gasteiger partial charge in [-0.05, 0) is 40.0 Å². The van der Waals surface area contributed by atoms with Crippen LogP contribution >= 0.6 is 11.8 Å². The van der Waals surface area contributed by atoms with Gasteiger partial charge in [0.05, 0.1) is 23.2 Å². The van der Waals surface area contributed by atoms with Gasteiger partial charge in [-0.15, -0.1) is 11.8 Å². The fraction of sp³-hybridized carbons (Fsp3) is 0.696. The molecular formula is C23H32N2O5S. The number of carbonyl (C=O) groups is 3. The van der Waals surface area contributed by atoms with Gasteiger partial charge in [-0.1, -0.05) is 24.3 Å². The lowest BCUT2D eigenvalue weighted by Gasteiger charge is -2.37. The Hall–Kier alpha value is -1.80. The average Bonchev–Trinajstić information content (AvgIpc) is 3.05. The Labute approximate surface area is 187 Å². The van der Waals surface area contributed by atoms with Gasteiger partial charge in [0, 0.05) is 30.5 Å². The monoisotopic (exact) mass is 448 g/mol. The van der Waals surface area contributed by atoms with Gasteiger partial charge in [0.15, 0.2) is 0 Å². The van der Waals surface area contributed by atoms with Gasteiger partial charge in [-0.25, -0.2) is 0 Å². The lowest BCUT2D eigenvalue weighted by Crippen LogP contribution is -2.54. The van der Waals surface area contributed by atoms with Gasteiger partial charge in [-0.2, -0.15) is 0 Å². The molecule has 2 saturated heterocycles. The third-order valence-corrected chi connectivity index (χ3v) is 8.76. The molecule has 2 amide bonds. The average molecular weight is 449 g/mol. The molecule has 0 saturated carbocycles. The van der Waals surface area contributed by atoms with E-state index in [0.29, 0.717) is 26.1 Å². The topological polar surface area (TPSA) is 87.2 Å². The highest BCUT2D eigenvalue weighted by atomic mass is 32.2. The Kier molecular flexibility index (Phi) is 5.98. The highest BCUT2D eigenvalue weighted by Gasteiger charge is 2.73. The van der Waals surface area contributed by atoms with Crippen LogP contribution in [0.4, 0.5) is 0 Å². The molecule has 8 heteroatoms. The number of amides is 2. The summed E-state index contributed by atoms with van der Waals surface area (Å²) in [6.45, 7) is 6.97. The summed E-state index contributed by atoms with van der Waals surface area (Å²) in [5.41, 5.74) is 0. The number of ether oxygens (including phenoxy) is 1. The number of esters is 1. The number of cyclic esters (lactones) is 1. The molecule has 4 heterocycles. The summed E-state index contributed by atoms with van der Waals surface area (Å²) in [6.07, 6.45) is 10.1. The van der Waals surface area contributed by atoms with Crippen molar-refractivity contribution in [2.75, 3.05) is 26.3 Å². The lowest BCUT2D eigenvalue weighted by atomic mass is 9.74. The number of allylic oxidation sites excluding steroid dienone is 1. The molecule has 4 aliphatic heterocycles. The molecule has 1 spiro atoms. The molecule has 0 aromatic carbocycles. The first-order valence-electron chi connectivity index (χ1n) is 11.2. The number of thioether (sulfide) groups is 1. The van der Waals surface area contributed by atoms with E-state index in [1.54, 1.807) is 21.6 Å². The Morgan fingerprint density at radius 2 is 1.97 bits per heavy atom. The summed E-state index contributed by atoms with van der Waals surface area (Å²) in [7, 11) is 0. The van der Waals surface area contributed by atoms with Crippen LogP contribution in [0.15, 0.2) is 24.3 Å². The predicted molar refractivity (Wildman–Crippen MR) is 118 cm³/mol. The predicted octanol–water partition coefficient (Wildman–Crippen LogP) is 1.76. The minimum atomic E-state index is -0.838. The number of carbonyl (C=O) groups excluding carboxylic acids is 3. The standard InChI is InChI=1S/C23H32N2O5S/c1-15(2)24-11-7-10-23-16(19(27)25(12-8-13-26)18(23)20(24)28)17-21(29)30-14-6-4-5-9-22(17,3)31-23/h5,7,9-10,15-18,26H,4,6,8,11-14H2,1-3H3/b9-5-/t16-,17+,18?,22-,23-/m0/s1. The molecule has 7 nitrogen and oxygen atoms in total. The van der Waals surface area contributed by atoms with Crippen molar-refractivity contribution in [3.8, 4) is 0 Å². The molecule has 1 unspecified atom stereocenters. The maximum atomic E-state index is 13.8. The van der Waals surface area contributed by atoms with Crippen LogP contribution in [0.1, 0.15) is 40.0 Å². The molecule has 170 valence electrons. The second-order valence-corrected chi connectivity index (χ2v) is 11.1. The van der Waals surface area contributed by atoms with Crippen LogP contribution in [-0.4, -0.2) is 80.6 Å². The molecule has 0 radical (unpaired) electrons. The maximum absolute atomic E-state index is 13.8. The Morgan fingerprint density at radius 3 is 2.68 bits per heavy atom. The number of hydrogen-bond acceptors (Lipinski definition) is 6. The summed E-state index contributed by atoms with van der Waals surface area (Å²) >= 11 is 1.56. The van der Waals surface area contributed by atoms with Gasteiger partial charge >= 0.3 is 5.97 Å². The molecule has 0 aliphatic carbocycles. The molecule has 1 N–H and O–H groups in total. The molecule has 4 rings (SSSR count). The van der Waals surface area contributed by atoms with E-state index < -0.39 is 27.4 Å². The number of aliphatic hydroxyl groups is 1. The van der Waals surface area contributed by atoms with E-state index in [-0.39, 0.29) is 30.4 Å². The molecule has 0 bridgehead atoms. The van der Waals surface area contributed by atoms with Crippen molar-refractivity contribution < 1.29 is 24.2 Å². The van der Waals surface area contributed by atoms with Gasteiger partial charge in [-0.3, -0.25) is 14.4 Å². The largest absolute Gasteiger partial charge is 0.465 e. The van der Waals surface area contributed by atoms with E-state index in [0.717, 1.165) is 12.8 Å². The van der Waals surface area contributed by atoms with Crippen molar-refractivity contribution in [3.05, 3.63) is 24.3 Å². The zero-order chi connectivity index (χ0) is 22.4. The van der Waals surface area contributed by atoms with E-state index >= 15 is 0 Å². The number of aliphatic hydroxyl groups excluding tert-OH is 1. The molecule has 5 atom stereocenters. The van der Waals surface area contributed by atoms with E-state index in [1.165, 1.54) is 0 Å². The quantitative estimate of drug-likeness (QED) is 0.521. The van der Waals surface area contributed by atoms with E-state index in [4.69, 9.17) is 4.74 Å². The maximum Gasteiger partial charge on any atom is 0.311 e. The van der Waals surface area contributed by atoms with Crippen LogP contribution < -0.4 is 0 Å². The van der Waals surface area contributed by atoms with Gasteiger partial charge in [0.2, 0.25) is 11.8 Å². The lowest BCUT2D eigenvalue weighted by molar-refractivity contribution is -0.154. The van der Waals surface area contributed by atoms with Crippen molar-refractivity contribution in [2.45, 2.75) is 61.6 Å². The van der Waals surface area contributed by atoms with Crippen LogP contribution in [0.2, 0.25) is 0 Å². The van der Waals surface area contributed by atoms with Crippen molar-refractivity contribution in [2.24, 2.45) is 11.8 Å². The van der Waals surface area contributed by atoms with Crippen LogP contribution in [0, 0.1) is 11.8 Å². The Bertz CT molecular complexity index is 827. The smallest absolute Gasteiger partial charge is 0.311 e. The molecule has 0 aromatic heterocycles. The number of fused-ring (bicyclic) bond motifs is 2. The summed E-state index contributed by atoms with van der Waals surface area (Å²) in [5.74, 6) is -1.97. The molecule has 0 aromatic rings. The minimum absolute atomic E-state index is 0.00909. The normalized spacial score (nSPS) is 38.7. The zero-order valence-electron chi connectivity index (χ0n) is 18.5. The van der Waals surface area contributed by atoms with Gasteiger partial charge < -0.3 is 19.6 Å². The van der Waals surface area contributed by atoms with Gasteiger partial charge in [0.25, 0.3) is 0 Å². The van der Waals surface area contributed by atoms with E-state index in [1.807, 2.05) is 39.0 Å². The second-order valence-electron chi connectivity index (χ2n) is 9.30. The first-order chi connectivity index (χ1) is 14.8. The van der Waals surface area contributed by atoms with Crippen LogP contribution in [0.3, 0.4) is 0 Å². The summed E-state index contributed by atoms with van der Waals surface area (Å²) < 4.78 is 4.11. The fourth-order valence-electron chi connectivity index (χ4n) is 5.60. The molecule has 31 heavy (non-hydrogen) atoms. The fourth-order valence-corrected chi connectivity index (χ4v) is 7.75. The van der Waals surface area contributed by atoms with Crippen molar-refractivity contribution in [1.82, 2.24) is 9.80 Å². The minimum Gasteiger partial charge on any atom is -0.465 e. The van der Waals surface area contributed by atoms with Crippen LogP contribution in [0.5, 0.6) is 0 Å². The van der Waals surface area contributed by atoms with Crippen LogP contribution in [0.25, 0.3) is 0 Å². The highest BCUT2D eigenvalue weighted by Crippen LogP contribution is 2.65. The van der Waals surface area contributed by atoms with Crippen LogP contribution in [-0.2, 0) is 19.1 Å². The summed E-state index contributed by atoms with van der Waals surface area (Å²) in [5, 5.41) is 9.41.